The number of rotatable bonds is 9. The number of aromatic nitrogens is 1. The highest BCUT2D eigenvalue weighted by Crippen LogP contribution is 2.08. The molecule has 0 spiro atoms. The summed E-state index contributed by atoms with van der Waals surface area (Å²) in [6.07, 6.45) is 2.49. The third-order valence-electron chi connectivity index (χ3n) is 2.09. The van der Waals surface area contributed by atoms with E-state index in [2.05, 4.69) is 4.98 Å². The molecule has 1 N–H and O–H groups in total. The molecular weight excluding hydrogens is 222 g/mol. The molecule has 96 valence electrons. The Morgan fingerprint density at radius 2 is 2.06 bits per heavy atom. The Morgan fingerprint density at radius 3 is 2.71 bits per heavy atom. The van der Waals surface area contributed by atoms with Gasteiger partial charge in [0.15, 0.2) is 0 Å². The van der Waals surface area contributed by atoms with Gasteiger partial charge < -0.3 is 19.3 Å². The molecule has 1 heterocycles. The van der Waals surface area contributed by atoms with Crippen molar-refractivity contribution in [3.05, 3.63) is 24.0 Å². The van der Waals surface area contributed by atoms with E-state index in [-0.39, 0.29) is 6.61 Å². The SMILES string of the molecule is COCCCOCCOc1ccc(CO)nc1. The summed E-state index contributed by atoms with van der Waals surface area (Å²) in [7, 11) is 1.67. The molecule has 0 aliphatic rings. The van der Waals surface area contributed by atoms with Crippen molar-refractivity contribution in [2.75, 3.05) is 33.5 Å². The molecule has 0 bridgehead atoms. The molecule has 17 heavy (non-hydrogen) atoms. The van der Waals surface area contributed by atoms with Crippen LogP contribution in [0.2, 0.25) is 0 Å². The standard InChI is InChI=1S/C12H19NO4/c1-15-5-2-6-16-7-8-17-12-4-3-11(10-14)13-9-12/h3-4,9,14H,2,5-8,10H2,1H3. The van der Waals surface area contributed by atoms with Gasteiger partial charge >= 0.3 is 0 Å². The normalized spacial score (nSPS) is 10.5. The molecule has 0 amide bonds. The van der Waals surface area contributed by atoms with Crippen LogP contribution < -0.4 is 4.74 Å². The van der Waals surface area contributed by atoms with Gasteiger partial charge in [0.25, 0.3) is 0 Å². The predicted molar refractivity (Wildman–Crippen MR) is 63.0 cm³/mol. The molecule has 0 aromatic carbocycles. The summed E-state index contributed by atoms with van der Waals surface area (Å²) in [6.45, 7) is 2.38. The second-order valence-electron chi connectivity index (χ2n) is 3.45. The van der Waals surface area contributed by atoms with Crippen molar-refractivity contribution in [1.82, 2.24) is 4.98 Å². The Balaban J connectivity index is 2.05. The number of pyridine rings is 1. The minimum absolute atomic E-state index is 0.0527. The molecule has 0 saturated heterocycles. The van der Waals surface area contributed by atoms with Crippen LogP contribution in [0.4, 0.5) is 0 Å². The third kappa shape index (κ3) is 6.21. The highest BCUT2D eigenvalue weighted by atomic mass is 16.5. The van der Waals surface area contributed by atoms with Gasteiger partial charge in [-0.15, -0.1) is 0 Å². The van der Waals surface area contributed by atoms with E-state index in [1.165, 1.54) is 0 Å². The molecule has 0 atom stereocenters. The van der Waals surface area contributed by atoms with Crippen LogP contribution in [0.3, 0.4) is 0 Å². The fraction of sp³-hybridized carbons (Fsp3) is 0.583. The summed E-state index contributed by atoms with van der Waals surface area (Å²) in [5.74, 6) is 0.683. The summed E-state index contributed by atoms with van der Waals surface area (Å²) in [4.78, 5) is 4.00. The molecule has 0 aliphatic carbocycles. The topological polar surface area (TPSA) is 60.8 Å². The molecule has 0 aliphatic heterocycles. The summed E-state index contributed by atoms with van der Waals surface area (Å²) in [6, 6.07) is 3.51. The lowest BCUT2D eigenvalue weighted by atomic mass is 10.3. The van der Waals surface area contributed by atoms with Crippen LogP contribution in [-0.2, 0) is 16.1 Å². The minimum atomic E-state index is -0.0527. The zero-order valence-electron chi connectivity index (χ0n) is 10.1. The lowest BCUT2D eigenvalue weighted by Gasteiger charge is -2.07. The van der Waals surface area contributed by atoms with Crippen LogP contribution in [0, 0.1) is 0 Å². The Hall–Kier alpha value is -1.17. The zero-order chi connectivity index (χ0) is 12.3. The minimum Gasteiger partial charge on any atom is -0.490 e. The summed E-state index contributed by atoms with van der Waals surface area (Å²) < 4.78 is 15.6. The van der Waals surface area contributed by atoms with Crippen molar-refractivity contribution >= 4 is 0 Å². The van der Waals surface area contributed by atoms with E-state index < -0.39 is 0 Å². The largest absolute Gasteiger partial charge is 0.490 e. The summed E-state index contributed by atoms with van der Waals surface area (Å²) in [5.41, 5.74) is 0.633. The van der Waals surface area contributed by atoms with Crippen LogP contribution in [0.5, 0.6) is 5.75 Å². The number of nitrogens with zero attached hydrogens (tertiary/aromatic N) is 1. The van der Waals surface area contributed by atoms with E-state index in [0.717, 1.165) is 6.42 Å². The quantitative estimate of drug-likeness (QED) is 0.654. The number of hydrogen-bond donors (Lipinski definition) is 1. The Labute approximate surface area is 101 Å². The number of ether oxygens (including phenoxy) is 3. The summed E-state index contributed by atoms with van der Waals surface area (Å²) in [5, 5.41) is 8.81. The van der Waals surface area contributed by atoms with Crippen molar-refractivity contribution in [3.8, 4) is 5.75 Å². The summed E-state index contributed by atoms with van der Waals surface area (Å²) >= 11 is 0. The average molecular weight is 241 g/mol. The van der Waals surface area contributed by atoms with E-state index in [1.54, 1.807) is 25.4 Å². The maximum Gasteiger partial charge on any atom is 0.137 e. The fourth-order valence-electron chi connectivity index (χ4n) is 1.22. The third-order valence-corrected chi connectivity index (χ3v) is 2.09. The second-order valence-corrected chi connectivity index (χ2v) is 3.45. The van der Waals surface area contributed by atoms with E-state index in [0.29, 0.717) is 37.9 Å². The van der Waals surface area contributed by atoms with Gasteiger partial charge in [0, 0.05) is 20.3 Å². The van der Waals surface area contributed by atoms with Gasteiger partial charge in [-0.1, -0.05) is 0 Å². The van der Waals surface area contributed by atoms with Gasteiger partial charge in [0.05, 0.1) is 25.1 Å². The van der Waals surface area contributed by atoms with E-state index >= 15 is 0 Å². The van der Waals surface area contributed by atoms with Crippen molar-refractivity contribution in [2.24, 2.45) is 0 Å². The molecule has 0 radical (unpaired) electrons. The van der Waals surface area contributed by atoms with Gasteiger partial charge in [-0.05, 0) is 18.6 Å². The number of aliphatic hydroxyl groups is 1. The van der Waals surface area contributed by atoms with Gasteiger partial charge in [-0.2, -0.15) is 0 Å². The Bertz CT molecular complexity index is 289. The lowest BCUT2D eigenvalue weighted by Crippen LogP contribution is -2.08. The number of hydrogen-bond acceptors (Lipinski definition) is 5. The fourth-order valence-corrected chi connectivity index (χ4v) is 1.22. The smallest absolute Gasteiger partial charge is 0.137 e. The van der Waals surface area contributed by atoms with Crippen LogP contribution >= 0.6 is 0 Å². The maximum atomic E-state index is 8.81. The van der Waals surface area contributed by atoms with Gasteiger partial charge in [0.1, 0.15) is 12.4 Å². The molecule has 1 aromatic rings. The maximum absolute atomic E-state index is 8.81. The van der Waals surface area contributed by atoms with Crippen LogP contribution in [0.15, 0.2) is 18.3 Å². The Kier molecular flexibility index (Phi) is 7.29. The monoisotopic (exact) mass is 241 g/mol. The first-order chi connectivity index (χ1) is 8.36. The molecule has 1 aromatic heterocycles. The highest BCUT2D eigenvalue weighted by Gasteiger charge is 1.96. The lowest BCUT2D eigenvalue weighted by molar-refractivity contribution is 0.0805. The highest BCUT2D eigenvalue weighted by molar-refractivity contribution is 5.19. The average Bonchev–Trinajstić information content (AvgIpc) is 2.38. The molecule has 5 heteroatoms. The van der Waals surface area contributed by atoms with Gasteiger partial charge in [0.2, 0.25) is 0 Å². The molecule has 0 saturated carbocycles. The van der Waals surface area contributed by atoms with Crippen molar-refractivity contribution in [1.29, 1.82) is 0 Å². The van der Waals surface area contributed by atoms with Crippen molar-refractivity contribution in [3.63, 3.8) is 0 Å². The van der Waals surface area contributed by atoms with Crippen LogP contribution in [0.1, 0.15) is 12.1 Å². The van der Waals surface area contributed by atoms with Crippen molar-refractivity contribution in [2.45, 2.75) is 13.0 Å². The van der Waals surface area contributed by atoms with Crippen LogP contribution in [-0.4, -0.2) is 43.6 Å². The molecule has 0 unspecified atom stereocenters. The van der Waals surface area contributed by atoms with E-state index in [9.17, 15) is 0 Å². The second kappa shape index (κ2) is 8.92. The van der Waals surface area contributed by atoms with E-state index in [1.807, 2.05) is 0 Å². The first kappa shape index (κ1) is 13.9. The van der Waals surface area contributed by atoms with Crippen molar-refractivity contribution < 1.29 is 19.3 Å². The molecule has 0 fully saturated rings. The Morgan fingerprint density at radius 1 is 1.18 bits per heavy atom. The van der Waals surface area contributed by atoms with Gasteiger partial charge in [-0.3, -0.25) is 4.98 Å². The molecular formula is C12H19NO4. The number of aliphatic hydroxyl groups excluding tert-OH is 1. The first-order valence-corrected chi connectivity index (χ1v) is 5.62. The molecule has 1 rings (SSSR count). The first-order valence-electron chi connectivity index (χ1n) is 5.62. The number of methoxy groups -OCH3 is 1. The van der Waals surface area contributed by atoms with Crippen LogP contribution in [0.25, 0.3) is 0 Å². The van der Waals surface area contributed by atoms with Gasteiger partial charge in [-0.25, -0.2) is 0 Å². The zero-order valence-corrected chi connectivity index (χ0v) is 10.1. The predicted octanol–water partition coefficient (Wildman–Crippen LogP) is 1.01. The molecule has 5 nitrogen and oxygen atoms in total. The van der Waals surface area contributed by atoms with E-state index in [4.69, 9.17) is 19.3 Å².